The number of Topliss-reactive ketones (excluding diaryl/α,β-unsaturated/α-hetero) is 2. The molecule has 0 radical (unpaired) electrons. The van der Waals surface area contributed by atoms with Crippen LogP contribution in [0.25, 0.3) is 20.9 Å². The van der Waals surface area contributed by atoms with E-state index in [1.54, 1.807) is 22.7 Å². The Bertz CT molecular complexity index is 1150. The van der Waals surface area contributed by atoms with Gasteiger partial charge in [0, 0.05) is 9.75 Å². The lowest BCUT2D eigenvalue weighted by molar-refractivity contribution is -0.138. The Morgan fingerprint density at radius 2 is 1.04 bits per heavy atom. The summed E-state index contributed by atoms with van der Waals surface area (Å²) in [6, 6.07) is 20.7. The highest BCUT2D eigenvalue weighted by atomic mass is 32.1. The zero-order valence-corrected chi connectivity index (χ0v) is 16.3. The Labute approximate surface area is 170 Å². The van der Waals surface area contributed by atoms with Gasteiger partial charge < -0.3 is 0 Å². The second kappa shape index (κ2) is 5.84. The minimum Gasteiger partial charge on any atom is -0.290 e. The molecule has 0 fully saturated rings. The molecule has 0 saturated carbocycles. The van der Waals surface area contributed by atoms with E-state index in [0.717, 1.165) is 33.4 Å². The van der Waals surface area contributed by atoms with E-state index in [2.05, 4.69) is 47.2 Å². The molecular formula is C24H14O2S2. The predicted molar refractivity (Wildman–Crippen MR) is 113 cm³/mol. The van der Waals surface area contributed by atoms with Crippen LogP contribution in [0.2, 0.25) is 0 Å². The molecule has 0 N–H and O–H groups in total. The minimum absolute atomic E-state index is 0.266. The van der Waals surface area contributed by atoms with E-state index in [1.165, 1.54) is 9.75 Å². The lowest BCUT2D eigenvalue weighted by Crippen LogP contribution is -2.40. The van der Waals surface area contributed by atoms with Crippen LogP contribution in [0.4, 0.5) is 0 Å². The molecule has 0 amide bonds. The molecule has 4 heteroatoms. The van der Waals surface area contributed by atoms with Crippen LogP contribution < -0.4 is 0 Å². The van der Waals surface area contributed by atoms with Gasteiger partial charge in [0.2, 0.25) is 11.6 Å². The highest BCUT2D eigenvalue weighted by Gasteiger charge is 2.48. The van der Waals surface area contributed by atoms with Crippen molar-refractivity contribution in [3.8, 4) is 20.9 Å². The first-order chi connectivity index (χ1) is 13.7. The lowest BCUT2D eigenvalue weighted by atomic mass is 9.62. The molecule has 2 bridgehead atoms. The van der Waals surface area contributed by atoms with Gasteiger partial charge in [-0.05, 0) is 68.4 Å². The van der Waals surface area contributed by atoms with E-state index in [4.69, 9.17) is 0 Å². The number of carbonyl (C=O) groups excluding carboxylic acids is 2. The summed E-state index contributed by atoms with van der Waals surface area (Å²) >= 11 is 3.37. The van der Waals surface area contributed by atoms with Crippen molar-refractivity contribution in [1.82, 2.24) is 0 Å². The van der Waals surface area contributed by atoms with Crippen molar-refractivity contribution in [3.63, 3.8) is 0 Å². The third-order valence-electron chi connectivity index (χ3n) is 5.80. The molecule has 3 aliphatic rings. The van der Waals surface area contributed by atoms with Crippen molar-refractivity contribution in [1.29, 1.82) is 0 Å². The molecular weight excluding hydrogens is 384 g/mol. The maximum atomic E-state index is 12.9. The average molecular weight is 399 g/mol. The van der Waals surface area contributed by atoms with Crippen LogP contribution in [-0.4, -0.2) is 11.6 Å². The van der Waals surface area contributed by atoms with Crippen LogP contribution in [0.3, 0.4) is 0 Å². The SMILES string of the molecule is O=C1C(=O)C2c3ccc(-c4cccs4)cc3C1c1ccc(-c3cccs3)cc12. The Hall–Kier alpha value is -2.82. The van der Waals surface area contributed by atoms with Gasteiger partial charge in [-0.3, -0.25) is 9.59 Å². The molecule has 7 rings (SSSR count). The largest absolute Gasteiger partial charge is 0.290 e. The average Bonchev–Trinajstić information content (AvgIpc) is 3.44. The number of hydrogen-bond donors (Lipinski definition) is 0. The van der Waals surface area contributed by atoms with Gasteiger partial charge in [-0.15, -0.1) is 22.7 Å². The summed E-state index contributed by atoms with van der Waals surface area (Å²) in [5.41, 5.74) is 6.20. The third kappa shape index (κ3) is 2.13. The first-order valence-corrected chi connectivity index (χ1v) is 10.9. The van der Waals surface area contributed by atoms with Crippen molar-refractivity contribution in [2.45, 2.75) is 11.8 Å². The van der Waals surface area contributed by atoms with Crippen LogP contribution in [0.1, 0.15) is 34.1 Å². The molecule has 0 aliphatic heterocycles. The van der Waals surface area contributed by atoms with Gasteiger partial charge in [-0.2, -0.15) is 0 Å². The van der Waals surface area contributed by atoms with Crippen LogP contribution in [0.15, 0.2) is 71.4 Å². The van der Waals surface area contributed by atoms with E-state index in [9.17, 15) is 9.59 Å². The predicted octanol–water partition coefficient (Wildman–Crippen LogP) is 5.87. The van der Waals surface area contributed by atoms with E-state index >= 15 is 0 Å². The summed E-state index contributed by atoms with van der Waals surface area (Å²) in [7, 11) is 0. The van der Waals surface area contributed by atoms with Crippen LogP contribution >= 0.6 is 22.7 Å². The summed E-state index contributed by atoms with van der Waals surface area (Å²) in [5, 5.41) is 4.11. The summed E-state index contributed by atoms with van der Waals surface area (Å²) in [6.45, 7) is 0. The van der Waals surface area contributed by atoms with Crippen LogP contribution in [0, 0.1) is 0 Å². The van der Waals surface area contributed by atoms with Crippen molar-refractivity contribution >= 4 is 34.2 Å². The van der Waals surface area contributed by atoms with E-state index < -0.39 is 11.8 Å². The Balaban J connectivity index is 1.56. The normalized spacial score (nSPS) is 19.6. The van der Waals surface area contributed by atoms with Crippen molar-refractivity contribution in [2.75, 3.05) is 0 Å². The molecule has 2 heterocycles. The third-order valence-corrected chi connectivity index (χ3v) is 7.63. The smallest absolute Gasteiger partial charge is 0.211 e. The van der Waals surface area contributed by atoms with E-state index in [1.807, 2.05) is 24.3 Å². The van der Waals surface area contributed by atoms with E-state index in [-0.39, 0.29) is 11.6 Å². The number of fused-ring (bicyclic) bond motifs is 1. The second-order valence-corrected chi connectivity index (χ2v) is 9.13. The maximum absolute atomic E-state index is 12.9. The molecule has 2 atom stereocenters. The zero-order valence-electron chi connectivity index (χ0n) is 14.7. The first kappa shape index (κ1) is 16.2. The number of ketones is 2. The first-order valence-electron chi connectivity index (χ1n) is 9.16. The topological polar surface area (TPSA) is 34.1 Å². The maximum Gasteiger partial charge on any atom is 0.211 e. The quantitative estimate of drug-likeness (QED) is 0.396. The Morgan fingerprint density at radius 3 is 1.43 bits per heavy atom. The van der Waals surface area contributed by atoms with Crippen molar-refractivity contribution < 1.29 is 9.59 Å². The van der Waals surface area contributed by atoms with Crippen molar-refractivity contribution in [3.05, 3.63) is 93.7 Å². The number of carbonyl (C=O) groups is 2. The standard InChI is InChI=1S/C24H14O2S2/c25-23-21-16-8-6-14(20-4-2-10-28-20)12-18(16)22(24(23)26)15-7-5-13(11-17(15)21)19-3-1-9-27-19/h1-12,21-22H. The lowest BCUT2D eigenvalue weighted by Gasteiger charge is -2.38. The summed E-state index contributed by atoms with van der Waals surface area (Å²) < 4.78 is 0. The summed E-state index contributed by atoms with van der Waals surface area (Å²) in [4.78, 5) is 28.1. The number of rotatable bonds is 2. The fourth-order valence-corrected chi connectivity index (χ4v) is 6.00. The minimum atomic E-state index is -0.472. The van der Waals surface area contributed by atoms with E-state index in [0.29, 0.717) is 0 Å². The summed E-state index contributed by atoms with van der Waals surface area (Å²) in [6.07, 6.45) is 0. The highest BCUT2D eigenvalue weighted by molar-refractivity contribution is 7.13. The fourth-order valence-electron chi connectivity index (χ4n) is 4.55. The zero-order chi connectivity index (χ0) is 18.8. The van der Waals surface area contributed by atoms with Gasteiger partial charge >= 0.3 is 0 Å². The molecule has 4 aromatic rings. The molecule has 134 valence electrons. The molecule has 0 saturated heterocycles. The fraction of sp³-hybridized carbons (Fsp3) is 0.0833. The second-order valence-electron chi connectivity index (χ2n) is 7.24. The molecule has 28 heavy (non-hydrogen) atoms. The van der Waals surface area contributed by atoms with Crippen LogP contribution in [0.5, 0.6) is 0 Å². The Kier molecular flexibility index (Phi) is 3.37. The molecule has 3 aliphatic carbocycles. The number of hydrogen-bond acceptors (Lipinski definition) is 4. The van der Waals surface area contributed by atoms with Gasteiger partial charge in [0.05, 0.1) is 11.8 Å². The number of thiophene rings is 2. The van der Waals surface area contributed by atoms with Gasteiger partial charge in [0.15, 0.2) is 0 Å². The van der Waals surface area contributed by atoms with Crippen molar-refractivity contribution in [2.24, 2.45) is 0 Å². The molecule has 2 aromatic heterocycles. The van der Waals surface area contributed by atoms with Gasteiger partial charge in [-0.25, -0.2) is 0 Å². The van der Waals surface area contributed by atoms with Gasteiger partial charge in [0.1, 0.15) is 0 Å². The highest BCUT2D eigenvalue weighted by Crippen LogP contribution is 2.51. The van der Waals surface area contributed by atoms with Gasteiger partial charge in [0.25, 0.3) is 0 Å². The van der Waals surface area contributed by atoms with Gasteiger partial charge in [-0.1, -0.05) is 36.4 Å². The summed E-state index contributed by atoms with van der Waals surface area (Å²) in [5.74, 6) is -1.48. The molecule has 2 nitrogen and oxygen atoms in total. The molecule has 0 spiro atoms. The number of benzene rings is 2. The molecule has 2 aromatic carbocycles. The monoisotopic (exact) mass is 398 g/mol. The Morgan fingerprint density at radius 1 is 0.571 bits per heavy atom. The molecule has 2 unspecified atom stereocenters. The van der Waals surface area contributed by atoms with Crippen LogP contribution in [-0.2, 0) is 9.59 Å².